The number of morpholine rings is 1. The third-order valence-corrected chi connectivity index (χ3v) is 4.45. The molecule has 1 aromatic carbocycles. The molecule has 0 N–H and O–H groups in total. The molecule has 5 heteroatoms. The molecule has 1 saturated heterocycles. The summed E-state index contributed by atoms with van der Waals surface area (Å²) in [6.07, 6.45) is 1.77. The fourth-order valence-corrected chi connectivity index (χ4v) is 3.11. The van der Waals surface area contributed by atoms with Crippen molar-refractivity contribution in [1.29, 1.82) is 0 Å². The van der Waals surface area contributed by atoms with Gasteiger partial charge in [0.1, 0.15) is 5.82 Å². The first kappa shape index (κ1) is 15.7. The summed E-state index contributed by atoms with van der Waals surface area (Å²) in [6.45, 7) is 4.65. The molecule has 0 radical (unpaired) electrons. The second kappa shape index (κ2) is 6.61. The molecule has 126 valence electrons. The van der Waals surface area contributed by atoms with Crippen LogP contribution in [0, 0.1) is 0 Å². The molecule has 0 bridgehead atoms. The molecule has 1 aliphatic heterocycles. The third-order valence-electron chi connectivity index (χ3n) is 4.45. The van der Waals surface area contributed by atoms with Crippen molar-refractivity contribution in [3.63, 3.8) is 0 Å². The number of carbonyl (C=O) groups excluding carboxylic acids is 1. The summed E-state index contributed by atoms with van der Waals surface area (Å²) >= 11 is 0. The van der Waals surface area contributed by atoms with Gasteiger partial charge in [-0.2, -0.15) is 0 Å². The molecule has 3 heterocycles. The molecule has 3 aromatic rings. The largest absolute Gasteiger partial charge is 0.378 e. The molecule has 0 aliphatic carbocycles. The van der Waals surface area contributed by atoms with E-state index in [0.717, 1.165) is 41.1 Å². The molecule has 4 rings (SSSR count). The molecular formula is C20H19N3O2. The van der Waals surface area contributed by atoms with Gasteiger partial charge in [-0.3, -0.25) is 9.78 Å². The number of rotatable bonds is 3. The van der Waals surface area contributed by atoms with Gasteiger partial charge in [-0.05, 0) is 25.1 Å². The van der Waals surface area contributed by atoms with Crippen molar-refractivity contribution in [2.45, 2.75) is 6.92 Å². The number of aromatic nitrogens is 2. The minimum atomic E-state index is 0.0449. The molecule has 0 saturated carbocycles. The second-order valence-electron chi connectivity index (χ2n) is 6.14. The Morgan fingerprint density at radius 3 is 2.76 bits per heavy atom. The lowest BCUT2D eigenvalue weighted by Crippen LogP contribution is -2.36. The molecule has 0 spiro atoms. The number of fused-ring (bicyclic) bond motifs is 1. The maximum absolute atomic E-state index is 11.7. The lowest BCUT2D eigenvalue weighted by Gasteiger charge is -2.28. The Balaban J connectivity index is 1.89. The number of hydrogen-bond donors (Lipinski definition) is 0. The number of carbonyl (C=O) groups is 1. The van der Waals surface area contributed by atoms with Crippen molar-refractivity contribution in [1.82, 2.24) is 9.97 Å². The van der Waals surface area contributed by atoms with Gasteiger partial charge in [0.15, 0.2) is 5.78 Å². The summed E-state index contributed by atoms with van der Waals surface area (Å²) in [5, 5.41) is 1.04. The highest BCUT2D eigenvalue weighted by atomic mass is 16.5. The van der Waals surface area contributed by atoms with Crippen molar-refractivity contribution >= 4 is 22.5 Å². The normalized spacial score (nSPS) is 14.7. The van der Waals surface area contributed by atoms with E-state index < -0.39 is 0 Å². The van der Waals surface area contributed by atoms with E-state index in [9.17, 15) is 4.79 Å². The first-order valence-electron chi connectivity index (χ1n) is 8.42. The Labute approximate surface area is 146 Å². The van der Waals surface area contributed by atoms with E-state index >= 15 is 0 Å². The summed E-state index contributed by atoms with van der Waals surface area (Å²) in [4.78, 5) is 23.4. The molecule has 1 fully saturated rings. The average Bonchev–Trinajstić information content (AvgIpc) is 2.68. The number of ketones is 1. The Morgan fingerprint density at radius 1 is 1.12 bits per heavy atom. The van der Waals surface area contributed by atoms with Crippen LogP contribution in [0.2, 0.25) is 0 Å². The van der Waals surface area contributed by atoms with Gasteiger partial charge in [0.05, 0.1) is 24.4 Å². The van der Waals surface area contributed by atoms with Crippen molar-refractivity contribution in [3.8, 4) is 11.3 Å². The van der Waals surface area contributed by atoms with Crippen LogP contribution in [0.15, 0.2) is 48.7 Å². The van der Waals surface area contributed by atoms with Crippen LogP contribution in [-0.2, 0) is 4.74 Å². The zero-order chi connectivity index (χ0) is 17.2. The predicted molar refractivity (Wildman–Crippen MR) is 98.0 cm³/mol. The van der Waals surface area contributed by atoms with Crippen LogP contribution in [0.3, 0.4) is 0 Å². The first-order chi connectivity index (χ1) is 12.2. The number of nitrogens with zero attached hydrogens (tertiary/aromatic N) is 3. The summed E-state index contributed by atoms with van der Waals surface area (Å²) in [6, 6.07) is 13.6. The Kier molecular flexibility index (Phi) is 4.15. The van der Waals surface area contributed by atoms with E-state index in [0.29, 0.717) is 18.8 Å². The summed E-state index contributed by atoms with van der Waals surface area (Å²) < 4.78 is 5.45. The zero-order valence-electron chi connectivity index (χ0n) is 14.1. The van der Waals surface area contributed by atoms with Crippen molar-refractivity contribution < 1.29 is 9.53 Å². The summed E-state index contributed by atoms with van der Waals surface area (Å²) in [5.74, 6) is 0.968. The van der Waals surface area contributed by atoms with E-state index in [-0.39, 0.29) is 5.78 Å². The highest BCUT2D eigenvalue weighted by Crippen LogP contribution is 2.30. The van der Waals surface area contributed by atoms with Crippen LogP contribution >= 0.6 is 0 Å². The summed E-state index contributed by atoms with van der Waals surface area (Å²) in [5.41, 5.74) is 3.24. The number of pyridine rings is 2. The topological polar surface area (TPSA) is 55.3 Å². The Morgan fingerprint density at radius 2 is 1.96 bits per heavy atom. The predicted octanol–water partition coefficient (Wildman–Crippen LogP) is 3.34. The quantitative estimate of drug-likeness (QED) is 0.688. The molecule has 0 atom stereocenters. The first-order valence-corrected chi connectivity index (χ1v) is 8.42. The van der Waals surface area contributed by atoms with Gasteiger partial charge in [0, 0.05) is 35.8 Å². The lowest BCUT2D eigenvalue weighted by atomic mass is 10.0. The van der Waals surface area contributed by atoms with E-state index in [1.807, 2.05) is 36.4 Å². The fourth-order valence-electron chi connectivity index (χ4n) is 3.11. The third kappa shape index (κ3) is 3.10. The number of anilines is 1. The maximum Gasteiger partial charge on any atom is 0.159 e. The van der Waals surface area contributed by atoms with Crippen LogP contribution in [0.4, 0.5) is 5.82 Å². The van der Waals surface area contributed by atoms with Gasteiger partial charge < -0.3 is 9.64 Å². The van der Waals surface area contributed by atoms with Gasteiger partial charge in [-0.1, -0.05) is 24.3 Å². The zero-order valence-corrected chi connectivity index (χ0v) is 14.1. The smallest absolute Gasteiger partial charge is 0.159 e. The number of ether oxygens (including phenoxy) is 1. The van der Waals surface area contributed by atoms with E-state index in [2.05, 4.69) is 16.0 Å². The minimum absolute atomic E-state index is 0.0449. The lowest BCUT2D eigenvalue weighted by molar-refractivity contribution is 0.101. The van der Waals surface area contributed by atoms with Crippen molar-refractivity contribution in [3.05, 3.63) is 54.2 Å². The standard InChI is InChI=1S/C20H19N3O2/c1-14(24)15-4-2-5-16(12-15)20-19-17(6-3-7-21-19)13-18(22-20)23-8-10-25-11-9-23/h2-7,12-13H,8-11H2,1H3. The van der Waals surface area contributed by atoms with E-state index in [1.165, 1.54) is 0 Å². The SMILES string of the molecule is CC(=O)c1cccc(-c2nc(N3CCOCC3)cc3cccnc23)c1. The summed E-state index contributed by atoms with van der Waals surface area (Å²) in [7, 11) is 0. The number of benzene rings is 1. The Bertz CT molecular complexity index is 933. The number of Topliss-reactive ketones (excluding diaryl/α,β-unsaturated/α-hetero) is 1. The van der Waals surface area contributed by atoms with Gasteiger partial charge in [-0.25, -0.2) is 4.98 Å². The van der Waals surface area contributed by atoms with Crippen LogP contribution in [0.1, 0.15) is 17.3 Å². The van der Waals surface area contributed by atoms with Gasteiger partial charge in [-0.15, -0.1) is 0 Å². The molecule has 5 nitrogen and oxygen atoms in total. The average molecular weight is 333 g/mol. The molecule has 25 heavy (non-hydrogen) atoms. The van der Waals surface area contributed by atoms with Crippen LogP contribution in [-0.4, -0.2) is 42.1 Å². The van der Waals surface area contributed by atoms with Gasteiger partial charge >= 0.3 is 0 Å². The molecular weight excluding hydrogens is 314 g/mol. The van der Waals surface area contributed by atoms with Crippen LogP contribution in [0.25, 0.3) is 22.2 Å². The van der Waals surface area contributed by atoms with Crippen LogP contribution in [0.5, 0.6) is 0 Å². The Hall–Kier alpha value is -2.79. The van der Waals surface area contributed by atoms with Crippen LogP contribution < -0.4 is 4.90 Å². The second-order valence-corrected chi connectivity index (χ2v) is 6.14. The maximum atomic E-state index is 11.7. The molecule has 0 amide bonds. The number of hydrogen-bond acceptors (Lipinski definition) is 5. The van der Waals surface area contributed by atoms with Crippen molar-refractivity contribution in [2.24, 2.45) is 0 Å². The van der Waals surface area contributed by atoms with Gasteiger partial charge in [0.25, 0.3) is 0 Å². The van der Waals surface area contributed by atoms with E-state index in [4.69, 9.17) is 9.72 Å². The monoisotopic (exact) mass is 333 g/mol. The minimum Gasteiger partial charge on any atom is -0.378 e. The molecule has 1 aliphatic rings. The highest BCUT2D eigenvalue weighted by molar-refractivity contribution is 5.98. The molecule has 0 unspecified atom stereocenters. The van der Waals surface area contributed by atoms with Gasteiger partial charge in [0.2, 0.25) is 0 Å². The fraction of sp³-hybridized carbons (Fsp3) is 0.250. The highest BCUT2D eigenvalue weighted by Gasteiger charge is 2.16. The van der Waals surface area contributed by atoms with Crippen molar-refractivity contribution in [2.75, 3.05) is 31.2 Å². The molecule has 2 aromatic heterocycles. The van der Waals surface area contributed by atoms with E-state index in [1.54, 1.807) is 13.1 Å².